The Morgan fingerprint density at radius 3 is 2.78 bits per heavy atom. The van der Waals surface area contributed by atoms with E-state index >= 15 is 0 Å². The third-order valence-electron chi connectivity index (χ3n) is 2.93. The molecular formula is C14H11F3N4O2. The van der Waals surface area contributed by atoms with Gasteiger partial charge >= 0.3 is 6.18 Å². The zero-order chi connectivity index (χ0) is 17.0. The summed E-state index contributed by atoms with van der Waals surface area (Å²) in [4.78, 5) is 11.8. The fourth-order valence-corrected chi connectivity index (χ4v) is 1.85. The van der Waals surface area contributed by atoms with Crippen molar-refractivity contribution in [2.75, 3.05) is 5.32 Å². The molecule has 0 aliphatic rings. The topological polar surface area (TPSA) is 90.9 Å². The van der Waals surface area contributed by atoms with E-state index in [1.807, 2.05) is 0 Å². The molecule has 2 aromatic rings. The van der Waals surface area contributed by atoms with Gasteiger partial charge in [0.1, 0.15) is 0 Å². The first-order chi connectivity index (χ1) is 10.8. The first kappa shape index (κ1) is 16.5. The molecule has 9 heteroatoms. The summed E-state index contributed by atoms with van der Waals surface area (Å²) in [5, 5.41) is 24.4. The maximum absolute atomic E-state index is 12.8. The number of aliphatic hydroxyl groups excluding tert-OH is 1. The standard InChI is InChI=1S/C14H11F3N4O2/c15-14(16,17)11-6-10(3-2-9(11)7-18)20-13(23)12(22)8-21-5-1-4-19-21/h1-6,12,22H,8H2,(H,20,23)/t12-/m0/s1. The summed E-state index contributed by atoms with van der Waals surface area (Å²) in [5.74, 6) is -0.877. The van der Waals surface area contributed by atoms with E-state index in [0.29, 0.717) is 6.07 Å². The first-order valence-electron chi connectivity index (χ1n) is 6.39. The zero-order valence-electron chi connectivity index (χ0n) is 11.6. The fraction of sp³-hybridized carbons (Fsp3) is 0.214. The Kier molecular flexibility index (Phi) is 4.66. The monoisotopic (exact) mass is 324 g/mol. The van der Waals surface area contributed by atoms with Gasteiger partial charge < -0.3 is 10.4 Å². The number of carbonyl (C=O) groups excluding carboxylic acids is 1. The van der Waals surface area contributed by atoms with Crippen molar-refractivity contribution in [3.05, 3.63) is 47.8 Å². The number of halogens is 3. The minimum atomic E-state index is -4.72. The molecule has 6 nitrogen and oxygen atoms in total. The number of nitrogens with one attached hydrogen (secondary N) is 1. The van der Waals surface area contributed by atoms with Gasteiger partial charge in [-0.25, -0.2) is 0 Å². The average molecular weight is 324 g/mol. The van der Waals surface area contributed by atoms with E-state index in [1.54, 1.807) is 6.07 Å². The molecule has 0 fully saturated rings. The van der Waals surface area contributed by atoms with E-state index in [0.717, 1.165) is 12.1 Å². The van der Waals surface area contributed by atoms with Crippen molar-refractivity contribution < 1.29 is 23.1 Å². The minimum Gasteiger partial charge on any atom is -0.381 e. The van der Waals surface area contributed by atoms with Gasteiger partial charge in [0, 0.05) is 18.1 Å². The van der Waals surface area contributed by atoms with Crippen molar-refractivity contribution in [1.29, 1.82) is 5.26 Å². The third kappa shape index (κ3) is 4.08. The van der Waals surface area contributed by atoms with E-state index in [2.05, 4.69) is 10.4 Å². The van der Waals surface area contributed by atoms with Gasteiger partial charge in [0.25, 0.3) is 5.91 Å². The molecular weight excluding hydrogens is 313 g/mol. The molecule has 0 unspecified atom stereocenters. The Hall–Kier alpha value is -2.86. The number of alkyl halides is 3. The highest BCUT2D eigenvalue weighted by atomic mass is 19.4. The molecule has 0 aliphatic heterocycles. The van der Waals surface area contributed by atoms with Crippen LogP contribution in [-0.2, 0) is 17.5 Å². The number of hydrogen-bond donors (Lipinski definition) is 2. The van der Waals surface area contributed by atoms with Gasteiger partial charge in [-0.3, -0.25) is 9.48 Å². The van der Waals surface area contributed by atoms with Crippen LogP contribution < -0.4 is 5.32 Å². The molecule has 0 saturated heterocycles. The first-order valence-corrected chi connectivity index (χ1v) is 6.39. The number of aliphatic hydroxyl groups is 1. The molecule has 120 valence electrons. The van der Waals surface area contributed by atoms with Gasteiger partial charge in [-0.1, -0.05) is 0 Å². The quantitative estimate of drug-likeness (QED) is 0.897. The Balaban J connectivity index is 2.13. The fourth-order valence-electron chi connectivity index (χ4n) is 1.85. The Bertz CT molecular complexity index is 735. The van der Waals surface area contributed by atoms with Crippen molar-refractivity contribution >= 4 is 11.6 Å². The van der Waals surface area contributed by atoms with Crippen LogP contribution in [0.3, 0.4) is 0 Å². The highest BCUT2D eigenvalue weighted by molar-refractivity contribution is 5.94. The average Bonchev–Trinajstić information content (AvgIpc) is 2.99. The van der Waals surface area contributed by atoms with Gasteiger partial charge in [0.2, 0.25) is 0 Å². The third-order valence-corrected chi connectivity index (χ3v) is 2.93. The Morgan fingerprint density at radius 2 is 2.22 bits per heavy atom. The van der Waals surface area contributed by atoms with Crippen molar-refractivity contribution in [3.8, 4) is 6.07 Å². The lowest BCUT2D eigenvalue weighted by Crippen LogP contribution is -2.31. The molecule has 1 aromatic heterocycles. The van der Waals surface area contributed by atoms with Gasteiger partial charge in [0.15, 0.2) is 6.10 Å². The summed E-state index contributed by atoms with van der Waals surface area (Å²) in [6.45, 7) is -0.138. The van der Waals surface area contributed by atoms with Crippen LogP contribution >= 0.6 is 0 Å². The van der Waals surface area contributed by atoms with Crippen LogP contribution in [0.4, 0.5) is 18.9 Å². The number of rotatable bonds is 4. The van der Waals surface area contributed by atoms with E-state index < -0.39 is 29.3 Å². The number of amides is 1. The summed E-state index contributed by atoms with van der Waals surface area (Å²) >= 11 is 0. The van der Waals surface area contributed by atoms with Crippen LogP contribution in [0.5, 0.6) is 0 Å². The molecule has 2 N–H and O–H groups in total. The van der Waals surface area contributed by atoms with Crippen LogP contribution in [0.2, 0.25) is 0 Å². The molecule has 1 heterocycles. The Labute approximate surface area is 128 Å². The highest BCUT2D eigenvalue weighted by Crippen LogP contribution is 2.33. The van der Waals surface area contributed by atoms with Crippen molar-refractivity contribution in [1.82, 2.24) is 9.78 Å². The number of aromatic nitrogens is 2. The molecule has 1 amide bonds. The summed E-state index contributed by atoms with van der Waals surface area (Å²) in [6.07, 6.45) is -3.22. The molecule has 0 spiro atoms. The molecule has 1 atom stereocenters. The number of nitriles is 1. The molecule has 1 aromatic carbocycles. The maximum Gasteiger partial charge on any atom is 0.417 e. The normalized spacial score (nSPS) is 12.5. The summed E-state index contributed by atoms with van der Waals surface area (Å²) in [7, 11) is 0. The van der Waals surface area contributed by atoms with Gasteiger partial charge in [0.05, 0.1) is 23.7 Å². The second-order valence-corrected chi connectivity index (χ2v) is 4.60. The largest absolute Gasteiger partial charge is 0.417 e. The number of carbonyl (C=O) groups is 1. The molecule has 2 rings (SSSR count). The van der Waals surface area contributed by atoms with Crippen molar-refractivity contribution in [2.24, 2.45) is 0 Å². The predicted molar refractivity (Wildman–Crippen MR) is 73.0 cm³/mol. The predicted octanol–water partition coefficient (Wildman–Crippen LogP) is 1.77. The highest BCUT2D eigenvalue weighted by Gasteiger charge is 2.34. The lowest BCUT2D eigenvalue weighted by molar-refractivity contribution is -0.137. The number of hydrogen-bond acceptors (Lipinski definition) is 4. The lowest BCUT2D eigenvalue weighted by Gasteiger charge is -2.14. The van der Waals surface area contributed by atoms with E-state index in [-0.39, 0.29) is 12.2 Å². The van der Waals surface area contributed by atoms with Gasteiger partial charge in [-0.15, -0.1) is 0 Å². The molecule has 0 saturated carbocycles. The van der Waals surface area contributed by atoms with Crippen molar-refractivity contribution in [3.63, 3.8) is 0 Å². The summed E-state index contributed by atoms with van der Waals surface area (Å²) in [5.41, 5.74) is -1.87. The van der Waals surface area contributed by atoms with Crippen LogP contribution in [0.1, 0.15) is 11.1 Å². The van der Waals surface area contributed by atoms with Crippen LogP contribution in [0.15, 0.2) is 36.7 Å². The van der Waals surface area contributed by atoms with Gasteiger partial charge in [-0.05, 0) is 24.3 Å². The van der Waals surface area contributed by atoms with Crippen LogP contribution in [-0.4, -0.2) is 26.9 Å². The number of benzene rings is 1. The molecule has 0 aliphatic carbocycles. The van der Waals surface area contributed by atoms with Crippen LogP contribution in [0, 0.1) is 11.3 Å². The molecule has 0 bridgehead atoms. The second kappa shape index (κ2) is 6.50. The van der Waals surface area contributed by atoms with Crippen molar-refractivity contribution in [2.45, 2.75) is 18.8 Å². The number of nitrogens with zero attached hydrogens (tertiary/aromatic N) is 3. The van der Waals surface area contributed by atoms with E-state index in [4.69, 9.17) is 5.26 Å². The van der Waals surface area contributed by atoms with E-state index in [1.165, 1.54) is 23.1 Å². The molecule has 23 heavy (non-hydrogen) atoms. The second-order valence-electron chi connectivity index (χ2n) is 4.60. The SMILES string of the molecule is N#Cc1ccc(NC(=O)[C@@H](O)Cn2cccn2)cc1C(F)(F)F. The summed E-state index contributed by atoms with van der Waals surface area (Å²) in [6, 6.07) is 5.81. The molecule has 0 radical (unpaired) electrons. The number of anilines is 1. The maximum atomic E-state index is 12.8. The van der Waals surface area contributed by atoms with Gasteiger partial charge in [-0.2, -0.15) is 23.5 Å². The summed E-state index contributed by atoms with van der Waals surface area (Å²) < 4.78 is 39.8. The van der Waals surface area contributed by atoms with E-state index in [9.17, 15) is 23.1 Å². The lowest BCUT2D eigenvalue weighted by atomic mass is 10.1. The smallest absolute Gasteiger partial charge is 0.381 e. The zero-order valence-corrected chi connectivity index (χ0v) is 11.6. The Morgan fingerprint density at radius 1 is 1.48 bits per heavy atom. The van der Waals surface area contributed by atoms with Crippen LogP contribution in [0.25, 0.3) is 0 Å². The minimum absolute atomic E-state index is 0.138.